The van der Waals surface area contributed by atoms with Crippen LogP contribution >= 0.6 is 0 Å². The third kappa shape index (κ3) is 1.85. The maximum absolute atomic E-state index is 5.67. The Morgan fingerprint density at radius 3 is 3.00 bits per heavy atom. The van der Waals surface area contributed by atoms with Gasteiger partial charge in [0.25, 0.3) is 0 Å². The molecular formula is C12H17NO2. The molecule has 1 aliphatic heterocycles. The van der Waals surface area contributed by atoms with E-state index in [-0.39, 0.29) is 5.41 Å². The first kappa shape index (κ1) is 10.5. The van der Waals surface area contributed by atoms with E-state index in [9.17, 15) is 0 Å². The summed E-state index contributed by atoms with van der Waals surface area (Å²) in [6.07, 6.45) is 1.00. The number of hydrogen-bond donors (Lipinski definition) is 1. The highest BCUT2D eigenvalue weighted by atomic mass is 16.6. The van der Waals surface area contributed by atoms with Crippen molar-refractivity contribution in [1.82, 2.24) is 0 Å². The van der Waals surface area contributed by atoms with Crippen molar-refractivity contribution in [2.45, 2.75) is 25.7 Å². The maximum atomic E-state index is 5.67. The van der Waals surface area contributed by atoms with Gasteiger partial charge >= 0.3 is 0 Å². The van der Waals surface area contributed by atoms with E-state index in [0.29, 0.717) is 6.61 Å². The van der Waals surface area contributed by atoms with Crippen LogP contribution in [-0.4, -0.2) is 13.2 Å². The average molecular weight is 207 g/mol. The molecule has 0 bridgehead atoms. The fourth-order valence-corrected chi connectivity index (χ4v) is 2.03. The van der Waals surface area contributed by atoms with Crippen LogP contribution in [-0.2, 0) is 16.7 Å². The molecule has 0 aliphatic carbocycles. The van der Waals surface area contributed by atoms with Crippen LogP contribution in [0.15, 0.2) is 18.2 Å². The number of benzene rings is 1. The first-order valence-corrected chi connectivity index (χ1v) is 5.22. The Balaban J connectivity index is 2.40. The molecule has 0 atom stereocenters. The van der Waals surface area contributed by atoms with Crippen molar-refractivity contribution in [2.24, 2.45) is 5.90 Å². The van der Waals surface area contributed by atoms with Crippen LogP contribution < -0.4 is 10.6 Å². The number of nitrogens with two attached hydrogens (primary N) is 1. The van der Waals surface area contributed by atoms with Gasteiger partial charge in [0.2, 0.25) is 0 Å². The Bertz CT molecular complexity index is 361. The van der Waals surface area contributed by atoms with E-state index < -0.39 is 0 Å². The van der Waals surface area contributed by atoms with E-state index >= 15 is 0 Å². The Labute approximate surface area is 90.1 Å². The Morgan fingerprint density at radius 1 is 1.47 bits per heavy atom. The van der Waals surface area contributed by atoms with Gasteiger partial charge in [-0.3, -0.25) is 0 Å². The number of rotatable bonds is 3. The van der Waals surface area contributed by atoms with Crippen LogP contribution in [0.1, 0.15) is 25.0 Å². The van der Waals surface area contributed by atoms with Crippen molar-refractivity contribution in [1.29, 1.82) is 0 Å². The van der Waals surface area contributed by atoms with Crippen LogP contribution in [0.25, 0.3) is 0 Å². The molecule has 3 heteroatoms. The third-order valence-electron chi connectivity index (χ3n) is 2.89. The molecule has 0 amide bonds. The molecule has 0 spiro atoms. The molecule has 82 valence electrons. The molecule has 2 N–H and O–H groups in total. The predicted molar refractivity (Wildman–Crippen MR) is 58.8 cm³/mol. The fourth-order valence-electron chi connectivity index (χ4n) is 2.03. The summed E-state index contributed by atoms with van der Waals surface area (Å²) in [4.78, 5) is 4.77. The summed E-state index contributed by atoms with van der Waals surface area (Å²) in [7, 11) is 0. The van der Waals surface area contributed by atoms with E-state index in [1.165, 1.54) is 11.1 Å². The Hall–Kier alpha value is -1.06. The van der Waals surface area contributed by atoms with Crippen molar-refractivity contribution in [3.8, 4) is 5.75 Å². The lowest BCUT2D eigenvalue weighted by Gasteiger charge is -2.25. The number of hydrogen-bond acceptors (Lipinski definition) is 3. The summed E-state index contributed by atoms with van der Waals surface area (Å²) < 4.78 is 5.67. The minimum atomic E-state index is -0.107. The molecule has 15 heavy (non-hydrogen) atoms. The summed E-state index contributed by atoms with van der Waals surface area (Å²) in [6.45, 7) is 5.49. The third-order valence-corrected chi connectivity index (χ3v) is 2.89. The van der Waals surface area contributed by atoms with Crippen LogP contribution in [0.2, 0.25) is 0 Å². The highest BCUT2D eigenvalue weighted by Crippen LogP contribution is 2.37. The van der Waals surface area contributed by atoms with Gasteiger partial charge in [-0.05, 0) is 5.56 Å². The highest BCUT2D eigenvalue weighted by Gasteiger charge is 2.28. The zero-order valence-electron chi connectivity index (χ0n) is 9.25. The van der Waals surface area contributed by atoms with Crippen molar-refractivity contribution < 1.29 is 9.57 Å². The first-order chi connectivity index (χ1) is 7.15. The lowest BCUT2D eigenvalue weighted by atomic mass is 9.84. The van der Waals surface area contributed by atoms with Crippen molar-refractivity contribution in [2.75, 3.05) is 13.2 Å². The van der Waals surface area contributed by atoms with Gasteiger partial charge in [0.05, 0.1) is 13.2 Å². The van der Waals surface area contributed by atoms with E-state index in [2.05, 4.69) is 32.0 Å². The zero-order valence-corrected chi connectivity index (χ0v) is 9.25. The molecule has 1 aromatic rings. The van der Waals surface area contributed by atoms with Crippen molar-refractivity contribution >= 4 is 0 Å². The summed E-state index contributed by atoms with van der Waals surface area (Å²) in [6, 6.07) is 6.27. The smallest absolute Gasteiger partial charge is 0.126 e. The van der Waals surface area contributed by atoms with Gasteiger partial charge in [0, 0.05) is 17.4 Å². The van der Waals surface area contributed by atoms with Gasteiger partial charge in [-0.25, -0.2) is 5.90 Å². The van der Waals surface area contributed by atoms with Crippen molar-refractivity contribution in [3.05, 3.63) is 29.3 Å². The molecule has 1 heterocycles. The van der Waals surface area contributed by atoms with Crippen molar-refractivity contribution in [3.63, 3.8) is 0 Å². The lowest BCUT2D eigenvalue weighted by molar-refractivity contribution is 0.0953. The van der Waals surface area contributed by atoms with Gasteiger partial charge in [0.1, 0.15) is 5.75 Å². The Kier molecular flexibility index (Phi) is 2.67. The van der Waals surface area contributed by atoms with Crippen LogP contribution in [0.3, 0.4) is 0 Å². The molecule has 0 saturated carbocycles. The van der Waals surface area contributed by atoms with Gasteiger partial charge in [-0.1, -0.05) is 32.0 Å². The standard InChI is InChI=1S/C12H17NO2/c1-12(2,8-15-13)10-5-3-4-9-6-7-14-11(9)10/h3-5H,6-8,13H2,1-2H3. The zero-order chi connectivity index (χ0) is 10.9. The molecular weight excluding hydrogens is 190 g/mol. The number of para-hydroxylation sites is 1. The largest absolute Gasteiger partial charge is 0.493 e. The minimum Gasteiger partial charge on any atom is -0.493 e. The minimum absolute atomic E-state index is 0.107. The molecule has 0 saturated heterocycles. The van der Waals surface area contributed by atoms with E-state index in [1.54, 1.807) is 0 Å². The van der Waals surface area contributed by atoms with Gasteiger partial charge in [-0.2, -0.15) is 0 Å². The molecule has 1 aromatic carbocycles. The Morgan fingerprint density at radius 2 is 2.27 bits per heavy atom. The van der Waals surface area contributed by atoms with Gasteiger partial charge < -0.3 is 9.57 Å². The number of ether oxygens (including phenoxy) is 1. The summed E-state index contributed by atoms with van der Waals surface area (Å²) in [5.74, 6) is 6.18. The van der Waals surface area contributed by atoms with Crippen LogP contribution in [0, 0.1) is 0 Å². The quantitative estimate of drug-likeness (QED) is 0.768. The second-order valence-corrected chi connectivity index (χ2v) is 4.59. The first-order valence-electron chi connectivity index (χ1n) is 5.22. The van der Waals surface area contributed by atoms with E-state index in [4.69, 9.17) is 15.5 Å². The van der Waals surface area contributed by atoms with E-state index in [0.717, 1.165) is 18.8 Å². The van der Waals surface area contributed by atoms with Crippen LogP contribution in [0.4, 0.5) is 0 Å². The summed E-state index contributed by atoms with van der Waals surface area (Å²) >= 11 is 0. The lowest BCUT2D eigenvalue weighted by Crippen LogP contribution is -2.26. The number of fused-ring (bicyclic) bond motifs is 1. The molecule has 0 fully saturated rings. The van der Waals surface area contributed by atoms with Gasteiger partial charge in [0.15, 0.2) is 0 Å². The molecule has 3 nitrogen and oxygen atoms in total. The topological polar surface area (TPSA) is 44.5 Å². The monoisotopic (exact) mass is 207 g/mol. The highest BCUT2D eigenvalue weighted by molar-refractivity contribution is 5.47. The van der Waals surface area contributed by atoms with Crippen LogP contribution in [0.5, 0.6) is 5.75 Å². The SMILES string of the molecule is CC(C)(CON)c1cccc2c1OCC2. The fraction of sp³-hybridized carbons (Fsp3) is 0.500. The molecule has 1 aliphatic rings. The maximum Gasteiger partial charge on any atom is 0.126 e. The second kappa shape index (κ2) is 3.83. The molecule has 0 radical (unpaired) electrons. The normalized spacial score (nSPS) is 14.9. The van der Waals surface area contributed by atoms with Gasteiger partial charge in [-0.15, -0.1) is 0 Å². The molecule has 0 aromatic heterocycles. The summed E-state index contributed by atoms with van der Waals surface area (Å²) in [5, 5.41) is 0. The summed E-state index contributed by atoms with van der Waals surface area (Å²) in [5.41, 5.74) is 2.37. The van der Waals surface area contributed by atoms with E-state index in [1.807, 2.05) is 0 Å². The predicted octanol–water partition coefficient (Wildman–Crippen LogP) is 1.79. The average Bonchev–Trinajstić information content (AvgIpc) is 2.64. The second-order valence-electron chi connectivity index (χ2n) is 4.59. The molecule has 0 unspecified atom stereocenters. The molecule has 2 rings (SSSR count).